The molecule has 40 heavy (non-hydrogen) atoms. The van der Waals surface area contributed by atoms with Gasteiger partial charge < -0.3 is 10.1 Å². The molecule has 1 amide bonds. The van der Waals surface area contributed by atoms with Crippen LogP contribution in [0, 0.1) is 11.7 Å². The summed E-state index contributed by atoms with van der Waals surface area (Å²) in [5.74, 6) is 0.456. The second-order valence-electron chi connectivity index (χ2n) is 9.80. The van der Waals surface area contributed by atoms with Gasteiger partial charge in [0.2, 0.25) is 5.91 Å². The number of hydrogen-bond acceptors (Lipinski definition) is 8. The summed E-state index contributed by atoms with van der Waals surface area (Å²) in [7, 11) is 0. The molecule has 9 nitrogen and oxygen atoms in total. The number of fused-ring (bicyclic) bond motifs is 1. The standard InChI is InChI=1S/C29H25FN6O3S/c30-22-12-19(11-21(37)10-18-3-4-18)5-6-25(22)39-26-7-9-32-23-13-27(40-29(23)26)24-16-36(35-34-24)17-28(38)33-15-20-2-1-8-31-14-20/h1-2,5-9,12-14,16,18H,3-4,10-11,15,17H2,(H,33,38). The number of nitrogens with zero attached hydrogens (tertiary/aromatic N) is 5. The predicted octanol–water partition coefficient (Wildman–Crippen LogP) is 5.11. The molecule has 4 heterocycles. The number of nitrogens with one attached hydrogen (secondary N) is 1. The lowest BCUT2D eigenvalue weighted by Crippen LogP contribution is -2.27. The van der Waals surface area contributed by atoms with Gasteiger partial charge in [0.1, 0.15) is 23.8 Å². The van der Waals surface area contributed by atoms with Crippen molar-refractivity contribution in [3.8, 4) is 22.1 Å². The first-order valence-electron chi connectivity index (χ1n) is 12.9. The molecular weight excluding hydrogens is 531 g/mol. The number of amides is 1. The molecule has 1 N–H and O–H groups in total. The predicted molar refractivity (Wildman–Crippen MR) is 147 cm³/mol. The zero-order valence-corrected chi connectivity index (χ0v) is 22.2. The summed E-state index contributed by atoms with van der Waals surface area (Å²) in [6.45, 7) is 0.396. The molecular formula is C29H25FN6O3S. The minimum Gasteiger partial charge on any atom is -0.453 e. The van der Waals surface area contributed by atoms with E-state index in [1.807, 2.05) is 18.2 Å². The molecule has 1 aliphatic rings. The largest absolute Gasteiger partial charge is 0.453 e. The van der Waals surface area contributed by atoms with Crippen LogP contribution in [0.3, 0.4) is 0 Å². The van der Waals surface area contributed by atoms with Crippen molar-refractivity contribution in [2.45, 2.75) is 38.8 Å². The maximum absolute atomic E-state index is 14.9. The molecule has 1 aromatic carbocycles. The lowest BCUT2D eigenvalue weighted by molar-refractivity contribution is -0.122. The number of carbonyl (C=O) groups is 2. The summed E-state index contributed by atoms with van der Waals surface area (Å²) < 4.78 is 23.0. The molecule has 0 radical (unpaired) electrons. The SMILES string of the molecule is O=C(Cc1ccc(Oc2ccnc3cc(-c4cn(CC(=O)NCc5cccnc5)nn4)sc23)c(F)c1)CC1CC1. The third-order valence-electron chi connectivity index (χ3n) is 6.52. The Morgan fingerprint density at radius 1 is 1.10 bits per heavy atom. The van der Waals surface area contributed by atoms with Crippen LogP contribution in [0.2, 0.25) is 0 Å². The number of rotatable bonds is 11. The number of ketones is 1. The van der Waals surface area contributed by atoms with Gasteiger partial charge in [0.25, 0.3) is 0 Å². The van der Waals surface area contributed by atoms with Crippen molar-refractivity contribution in [1.82, 2.24) is 30.3 Å². The fraction of sp³-hybridized carbons (Fsp3) is 0.241. The maximum atomic E-state index is 14.9. The fourth-order valence-electron chi connectivity index (χ4n) is 4.32. The molecule has 0 spiro atoms. The number of hydrogen-bond donors (Lipinski definition) is 1. The normalized spacial score (nSPS) is 12.9. The Bertz CT molecular complexity index is 1680. The molecule has 0 unspecified atom stereocenters. The van der Waals surface area contributed by atoms with Crippen LogP contribution in [0.25, 0.3) is 20.8 Å². The minimum absolute atomic E-state index is 0.0201. The van der Waals surface area contributed by atoms with E-state index in [1.165, 1.54) is 22.1 Å². The van der Waals surface area contributed by atoms with E-state index in [0.717, 1.165) is 28.0 Å². The average Bonchev–Trinajstić information content (AvgIpc) is 3.45. The molecule has 0 atom stereocenters. The Morgan fingerprint density at radius 3 is 2.80 bits per heavy atom. The molecule has 1 saturated carbocycles. The molecule has 1 fully saturated rings. The number of pyridine rings is 2. The first-order valence-corrected chi connectivity index (χ1v) is 13.7. The van der Waals surface area contributed by atoms with Crippen molar-refractivity contribution in [3.63, 3.8) is 0 Å². The smallest absolute Gasteiger partial charge is 0.242 e. The number of benzene rings is 1. The van der Waals surface area contributed by atoms with Crippen LogP contribution in [0.15, 0.2) is 67.3 Å². The zero-order chi connectivity index (χ0) is 27.5. The molecule has 4 aromatic heterocycles. The van der Waals surface area contributed by atoms with E-state index in [-0.39, 0.29) is 30.4 Å². The number of carbonyl (C=O) groups excluding carboxylic acids is 2. The van der Waals surface area contributed by atoms with Crippen molar-refractivity contribution in [1.29, 1.82) is 0 Å². The van der Waals surface area contributed by atoms with E-state index in [4.69, 9.17) is 4.74 Å². The summed E-state index contributed by atoms with van der Waals surface area (Å²) in [6.07, 6.45) is 9.69. The molecule has 202 valence electrons. The lowest BCUT2D eigenvalue weighted by Gasteiger charge is -2.09. The van der Waals surface area contributed by atoms with Gasteiger partial charge in [-0.1, -0.05) is 17.3 Å². The monoisotopic (exact) mass is 556 g/mol. The highest BCUT2D eigenvalue weighted by Gasteiger charge is 2.24. The second-order valence-corrected chi connectivity index (χ2v) is 10.9. The van der Waals surface area contributed by atoms with E-state index in [0.29, 0.717) is 41.4 Å². The van der Waals surface area contributed by atoms with Gasteiger partial charge in [-0.25, -0.2) is 9.07 Å². The van der Waals surface area contributed by atoms with Gasteiger partial charge in [0.05, 0.1) is 21.3 Å². The van der Waals surface area contributed by atoms with E-state index in [9.17, 15) is 14.0 Å². The molecule has 0 aliphatic heterocycles. The van der Waals surface area contributed by atoms with Gasteiger partial charge >= 0.3 is 0 Å². The average molecular weight is 557 g/mol. The number of aromatic nitrogens is 5. The molecule has 1 aliphatic carbocycles. The minimum atomic E-state index is -0.525. The van der Waals surface area contributed by atoms with Crippen LogP contribution >= 0.6 is 11.3 Å². The van der Waals surface area contributed by atoms with Gasteiger partial charge in [-0.15, -0.1) is 16.4 Å². The van der Waals surface area contributed by atoms with Crippen LogP contribution in [0.4, 0.5) is 4.39 Å². The van der Waals surface area contributed by atoms with E-state index in [1.54, 1.807) is 43.0 Å². The summed E-state index contributed by atoms with van der Waals surface area (Å²) in [5, 5.41) is 11.1. The summed E-state index contributed by atoms with van der Waals surface area (Å²) in [4.78, 5) is 33.7. The molecule has 0 bridgehead atoms. The van der Waals surface area contributed by atoms with Crippen molar-refractivity contribution in [2.75, 3.05) is 0 Å². The van der Waals surface area contributed by atoms with Gasteiger partial charge in [-0.3, -0.25) is 19.6 Å². The Balaban J connectivity index is 1.13. The van der Waals surface area contributed by atoms with Crippen LogP contribution in [-0.4, -0.2) is 36.7 Å². The topological polar surface area (TPSA) is 112 Å². The number of thiophene rings is 1. The Labute approximate surface area is 233 Å². The van der Waals surface area contributed by atoms with Crippen LogP contribution in [-0.2, 0) is 29.1 Å². The first kappa shape index (κ1) is 25.8. The van der Waals surface area contributed by atoms with E-state index in [2.05, 4.69) is 25.6 Å². The van der Waals surface area contributed by atoms with Crippen molar-refractivity contribution in [2.24, 2.45) is 5.92 Å². The van der Waals surface area contributed by atoms with E-state index < -0.39 is 5.82 Å². The van der Waals surface area contributed by atoms with Crippen LogP contribution < -0.4 is 10.1 Å². The number of Topliss-reactive ketones (excluding diaryl/α,β-unsaturated/α-hetero) is 1. The Hall–Kier alpha value is -4.51. The third-order valence-corrected chi connectivity index (χ3v) is 7.68. The van der Waals surface area contributed by atoms with Gasteiger partial charge in [-0.2, -0.15) is 0 Å². The second kappa shape index (κ2) is 11.3. The highest BCUT2D eigenvalue weighted by molar-refractivity contribution is 7.22. The van der Waals surface area contributed by atoms with Crippen molar-refractivity contribution < 1.29 is 18.7 Å². The van der Waals surface area contributed by atoms with Gasteiger partial charge in [-0.05, 0) is 54.2 Å². The highest BCUT2D eigenvalue weighted by atomic mass is 32.1. The van der Waals surface area contributed by atoms with E-state index >= 15 is 0 Å². The first-order chi connectivity index (χ1) is 19.5. The number of halogens is 1. The van der Waals surface area contributed by atoms with Gasteiger partial charge in [0.15, 0.2) is 11.6 Å². The van der Waals surface area contributed by atoms with Crippen LogP contribution in [0.1, 0.15) is 30.4 Å². The molecule has 11 heteroatoms. The van der Waals surface area contributed by atoms with Crippen molar-refractivity contribution in [3.05, 3.63) is 84.2 Å². The lowest BCUT2D eigenvalue weighted by atomic mass is 10.0. The zero-order valence-electron chi connectivity index (χ0n) is 21.4. The summed E-state index contributed by atoms with van der Waals surface area (Å²) in [5.41, 5.74) is 2.80. The quantitative estimate of drug-likeness (QED) is 0.241. The highest BCUT2D eigenvalue weighted by Crippen LogP contribution is 2.39. The maximum Gasteiger partial charge on any atom is 0.242 e. The molecule has 0 saturated heterocycles. The fourth-order valence-corrected chi connectivity index (χ4v) is 5.33. The Kier molecular flexibility index (Phi) is 7.28. The summed E-state index contributed by atoms with van der Waals surface area (Å²) >= 11 is 1.39. The number of ether oxygens (including phenoxy) is 1. The van der Waals surface area contributed by atoms with Crippen molar-refractivity contribution >= 4 is 33.2 Å². The molecule has 6 rings (SSSR count). The molecule has 5 aromatic rings. The summed E-state index contributed by atoms with van der Waals surface area (Å²) in [6, 6.07) is 11.9. The van der Waals surface area contributed by atoms with Gasteiger partial charge in [0, 0.05) is 44.0 Å². The Morgan fingerprint density at radius 2 is 2.00 bits per heavy atom. The third kappa shape index (κ3) is 6.20. The van der Waals surface area contributed by atoms with Crippen LogP contribution in [0.5, 0.6) is 11.5 Å².